The maximum Gasteiger partial charge on any atom is 0.271 e. The lowest BCUT2D eigenvalue weighted by molar-refractivity contribution is -0.384. The van der Waals surface area contributed by atoms with E-state index in [0.717, 1.165) is 11.1 Å². The first kappa shape index (κ1) is 20.5. The van der Waals surface area contributed by atoms with Crippen LogP contribution < -0.4 is 5.32 Å². The molecule has 0 aliphatic rings. The fraction of sp³-hybridized carbons (Fsp3) is 0.0833. The number of carbonyl (C=O) groups excluding carboxylic acids is 1. The van der Waals surface area contributed by atoms with Gasteiger partial charge in [0.05, 0.1) is 27.4 Å². The van der Waals surface area contributed by atoms with Gasteiger partial charge >= 0.3 is 0 Å². The van der Waals surface area contributed by atoms with Gasteiger partial charge in [0.25, 0.3) is 11.6 Å². The zero-order valence-electron chi connectivity index (χ0n) is 16.8. The van der Waals surface area contributed by atoms with Crippen molar-refractivity contribution in [1.82, 2.24) is 4.98 Å². The fourth-order valence-electron chi connectivity index (χ4n) is 3.53. The van der Waals surface area contributed by atoms with Crippen LogP contribution in [0.15, 0.2) is 66.7 Å². The highest BCUT2D eigenvalue weighted by atomic mass is 35.5. The number of non-ortho nitro benzene ring substituents is 1. The Hall–Kier alpha value is -3.77. The number of halogens is 1. The molecular formula is C24H18ClN3O3. The van der Waals surface area contributed by atoms with Gasteiger partial charge in [0.1, 0.15) is 0 Å². The number of nitro benzene ring substituents is 1. The number of rotatable bonds is 4. The summed E-state index contributed by atoms with van der Waals surface area (Å²) < 4.78 is 0. The number of hydrogen-bond acceptors (Lipinski definition) is 4. The number of nitrogens with zero attached hydrogens (tertiary/aromatic N) is 2. The molecule has 0 spiro atoms. The summed E-state index contributed by atoms with van der Waals surface area (Å²) >= 11 is 6.02. The first-order valence-corrected chi connectivity index (χ1v) is 9.94. The first-order valence-electron chi connectivity index (χ1n) is 9.57. The molecule has 1 N–H and O–H groups in total. The smallest absolute Gasteiger partial charge is 0.271 e. The summed E-state index contributed by atoms with van der Waals surface area (Å²) in [5.74, 6) is -0.352. The van der Waals surface area contributed by atoms with Crippen LogP contribution in [-0.2, 0) is 0 Å². The molecule has 31 heavy (non-hydrogen) atoms. The van der Waals surface area contributed by atoms with Crippen LogP contribution in [0.1, 0.15) is 21.5 Å². The number of hydrogen-bond donors (Lipinski definition) is 1. The van der Waals surface area contributed by atoms with Crippen LogP contribution in [0.2, 0.25) is 5.02 Å². The Labute approximate surface area is 183 Å². The number of nitro groups is 1. The predicted octanol–water partition coefficient (Wildman–Crippen LogP) is 6.33. The lowest BCUT2D eigenvalue weighted by atomic mass is 9.97. The number of fused-ring (bicyclic) bond motifs is 1. The van der Waals surface area contributed by atoms with Crippen LogP contribution in [0.3, 0.4) is 0 Å². The molecule has 1 amide bonds. The van der Waals surface area contributed by atoms with Gasteiger partial charge in [-0.05, 0) is 43.2 Å². The quantitative estimate of drug-likeness (QED) is 0.302. The largest absolute Gasteiger partial charge is 0.321 e. The van der Waals surface area contributed by atoms with Crippen LogP contribution in [0.5, 0.6) is 0 Å². The molecule has 0 saturated heterocycles. The lowest BCUT2D eigenvalue weighted by Crippen LogP contribution is -2.16. The first-order chi connectivity index (χ1) is 14.8. The third-order valence-corrected chi connectivity index (χ3v) is 5.41. The van der Waals surface area contributed by atoms with Gasteiger partial charge in [-0.3, -0.25) is 14.9 Å². The molecule has 6 nitrogen and oxygen atoms in total. The molecule has 4 aromatic rings. The van der Waals surface area contributed by atoms with Gasteiger partial charge in [-0.15, -0.1) is 0 Å². The summed E-state index contributed by atoms with van der Waals surface area (Å²) in [6, 6.07) is 19.1. The van der Waals surface area contributed by atoms with Crippen molar-refractivity contribution in [2.75, 3.05) is 5.32 Å². The number of aromatic nitrogens is 1. The molecule has 0 atom stereocenters. The Bertz CT molecular complexity index is 1330. The Balaban J connectivity index is 1.86. The van der Waals surface area contributed by atoms with Crippen molar-refractivity contribution in [3.05, 3.63) is 98.6 Å². The summed E-state index contributed by atoms with van der Waals surface area (Å²) in [6.45, 7) is 3.63. The highest BCUT2D eigenvalue weighted by molar-refractivity contribution is 6.30. The van der Waals surface area contributed by atoms with E-state index in [-0.39, 0.29) is 11.6 Å². The van der Waals surface area contributed by atoms with E-state index in [1.165, 1.54) is 12.1 Å². The van der Waals surface area contributed by atoms with E-state index >= 15 is 0 Å². The van der Waals surface area contributed by atoms with E-state index in [1.807, 2.05) is 43.3 Å². The zero-order valence-corrected chi connectivity index (χ0v) is 17.6. The normalized spacial score (nSPS) is 10.8. The fourth-order valence-corrected chi connectivity index (χ4v) is 3.66. The third-order valence-electron chi connectivity index (χ3n) is 5.16. The van der Waals surface area contributed by atoms with Gasteiger partial charge in [-0.25, -0.2) is 4.98 Å². The number of para-hydroxylation sites is 1. The van der Waals surface area contributed by atoms with Gasteiger partial charge in [0.2, 0.25) is 0 Å². The van der Waals surface area contributed by atoms with E-state index < -0.39 is 4.92 Å². The van der Waals surface area contributed by atoms with Gasteiger partial charge < -0.3 is 5.32 Å². The maximum absolute atomic E-state index is 13.4. The SMILES string of the molecule is Cc1ccc([N+](=O)[O-])cc1NC(=O)c1c(C)c(-c2ccc(Cl)cc2)nc2ccccc12. The van der Waals surface area contributed by atoms with Gasteiger partial charge in [0.15, 0.2) is 0 Å². The summed E-state index contributed by atoms with van der Waals surface area (Å²) in [7, 11) is 0. The Morgan fingerprint density at radius 1 is 1.03 bits per heavy atom. The Kier molecular flexibility index (Phi) is 5.40. The lowest BCUT2D eigenvalue weighted by Gasteiger charge is -2.15. The summed E-state index contributed by atoms with van der Waals surface area (Å²) in [5.41, 5.74) is 4.42. The van der Waals surface area contributed by atoms with Crippen LogP contribution in [-0.4, -0.2) is 15.8 Å². The molecule has 0 fully saturated rings. The molecule has 154 valence electrons. The number of carbonyl (C=O) groups is 1. The molecule has 0 radical (unpaired) electrons. The molecule has 1 aromatic heterocycles. The molecule has 1 heterocycles. The summed E-state index contributed by atoms with van der Waals surface area (Å²) in [5, 5.41) is 15.3. The molecule has 0 aliphatic heterocycles. The van der Waals surface area contributed by atoms with E-state index in [4.69, 9.17) is 16.6 Å². The predicted molar refractivity (Wildman–Crippen MR) is 123 cm³/mol. The van der Waals surface area contributed by atoms with Crippen LogP contribution in [0, 0.1) is 24.0 Å². The molecule has 0 unspecified atom stereocenters. The van der Waals surface area contributed by atoms with Crippen molar-refractivity contribution >= 4 is 39.8 Å². The third kappa shape index (κ3) is 3.98. The standard InChI is InChI=1S/C24H18ClN3O3/c1-14-7-12-18(28(30)31)13-21(14)27-24(29)22-15(2)23(16-8-10-17(25)11-9-16)26-20-6-4-3-5-19(20)22/h3-13H,1-2H3,(H,27,29). The maximum atomic E-state index is 13.4. The highest BCUT2D eigenvalue weighted by Crippen LogP contribution is 2.31. The summed E-state index contributed by atoms with van der Waals surface area (Å²) in [4.78, 5) is 28.8. The number of amides is 1. The second kappa shape index (κ2) is 8.16. The molecular weight excluding hydrogens is 414 g/mol. The molecule has 0 aliphatic carbocycles. The van der Waals surface area contributed by atoms with E-state index in [2.05, 4.69) is 5.32 Å². The van der Waals surface area contributed by atoms with E-state index in [0.29, 0.717) is 38.4 Å². The van der Waals surface area contributed by atoms with Crippen LogP contribution >= 0.6 is 11.6 Å². The Morgan fingerprint density at radius 3 is 2.45 bits per heavy atom. The number of nitrogens with one attached hydrogen (secondary N) is 1. The number of benzene rings is 3. The average Bonchev–Trinajstić information content (AvgIpc) is 2.75. The van der Waals surface area contributed by atoms with Crippen molar-refractivity contribution in [3.63, 3.8) is 0 Å². The second-order valence-corrected chi connectivity index (χ2v) is 7.63. The monoisotopic (exact) mass is 431 g/mol. The number of aryl methyl sites for hydroxylation is 1. The molecule has 0 saturated carbocycles. The van der Waals surface area contributed by atoms with E-state index in [9.17, 15) is 14.9 Å². The van der Waals surface area contributed by atoms with Crippen molar-refractivity contribution in [3.8, 4) is 11.3 Å². The minimum Gasteiger partial charge on any atom is -0.321 e. The topological polar surface area (TPSA) is 85.1 Å². The molecule has 0 bridgehead atoms. The van der Waals surface area contributed by atoms with Crippen molar-refractivity contribution < 1.29 is 9.72 Å². The van der Waals surface area contributed by atoms with Crippen molar-refractivity contribution in [1.29, 1.82) is 0 Å². The number of anilines is 1. The van der Waals surface area contributed by atoms with Gasteiger partial charge in [0, 0.05) is 28.1 Å². The Morgan fingerprint density at radius 2 is 1.74 bits per heavy atom. The van der Waals surface area contributed by atoms with E-state index in [1.54, 1.807) is 25.1 Å². The van der Waals surface area contributed by atoms with Crippen molar-refractivity contribution in [2.45, 2.75) is 13.8 Å². The molecule has 7 heteroatoms. The minimum absolute atomic E-state index is 0.0842. The summed E-state index contributed by atoms with van der Waals surface area (Å²) in [6.07, 6.45) is 0. The van der Waals surface area contributed by atoms with Crippen LogP contribution in [0.25, 0.3) is 22.2 Å². The van der Waals surface area contributed by atoms with Gasteiger partial charge in [-0.1, -0.05) is 48.0 Å². The molecule has 3 aromatic carbocycles. The van der Waals surface area contributed by atoms with Gasteiger partial charge in [-0.2, -0.15) is 0 Å². The zero-order chi connectivity index (χ0) is 22.1. The van der Waals surface area contributed by atoms with Crippen molar-refractivity contribution in [2.24, 2.45) is 0 Å². The average molecular weight is 432 g/mol. The second-order valence-electron chi connectivity index (χ2n) is 7.19. The van der Waals surface area contributed by atoms with Crippen LogP contribution in [0.4, 0.5) is 11.4 Å². The highest BCUT2D eigenvalue weighted by Gasteiger charge is 2.20. The number of pyridine rings is 1. The minimum atomic E-state index is -0.485. The molecule has 4 rings (SSSR count).